The SMILES string of the molecule is Cc1cc(C)cc(Cc2ccc(Br)cc2/C=C(\C#N)C(=O)Nc2ccccc2F)c1. The lowest BCUT2D eigenvalue weighted by atomic mass is 9.96. The van der Waals surface area contributed by atoms with Crippen molar-refractivity contribution >= 4 is 33.6 Å². The maximum Gasteiger partial charge on any atom is 0.266 e. The normalized spacial score (nSPS) is 11.1. The number of nitrogens with zero attached hydrogens (tertiary/aromatic N) is 1. The van der Waals surface area contributed by atoms with Gasteiger partial charge in [-0.15, -0.1) is 0 Å². The van der Waals surface area contributed by atoms with Crippen LogP contribution < -0.4 is 5.32 Å². The van der Waals surface area contributed by atoms with Crippen LogP contribution in [0.3, 0.4) is 0 Å². The lowest BCUT2D eigenvalue weighted by Crippen LogP contribution is -2.14. The molecule has 0 saturated heterocycles. The van der Waals surface area contributed by atoms with Gasteiger partial charge in [0.25, 0.3) is 5.91 Å². The number of carbonyl (C=O) groups is 1. The molecule has 0 atom stereocenters. The molecule has 150 valence electrons. The predicted octanol–water partition coefficient (Wildman–Crippen LogP) is 6.34. The summed E-state index contributed by atoms with van der Waals surface area (Å²) >= 11 is 3.45. The predicted molar refractivity (Wildman–Crippen MR) is 121 cm³/mol. The largest absolute Gasteiger partial charge is 0.319 e. The molecular weight excluding hydrogens is 443 g/mol. The highest BCUT2D eigenvalue weighted by Crippen LogP contribution is 2.24. The number of hydrogen-bond donors (Lipinski definition) is 1. The summed E-state index contributed by atoms with van der Waals surface area (Å²) in [5, 5.41) is 12.0. The van der Waals surface area contributed by atoms with Crippen LogP contribution in [0.2, 0.25) is 0 Å². The Morgan fingerprint density at radius 1 is 1.10 bits per heavy atom. The van der Waals surface area contributed by atoms with Crippen molar-refractivity contribution in [1.29, 1.82) is 5.26 Å². The molecule has 0 spiro atoms. The van der Waals surface area contributed by atoms with Gasteiger partial charge < -0.3 is 5.32 Å². The van der Waals surface area contributed by atoms with Gasteiger partial charge in [-0.25, -0.2) is 4.39 Å². The Hall–Kier alpha value is -3.23. The molecule has 0 unspecified atom stereocenters. The fourth-order valence-electron chi connectivity index (χ4n) is 3.31. The Labute approximate surface area is 184 Å². The van der Waals surface area contributed by atoms with E-state index in [0.29, 0.717) is 6.42 Å². The maximum absolute atomic E-state index is 13.8. The molecule has 0 aliphatic rings. The van der Waals surface area contributed by atoms with Gasteiger partial charge in [0.2, 0.25) is 0 Å². The van der Waals surface area contributed by atoms with Crippen LogP contribution in [0, 0.1) is 31.0 Å². The highest BCUT2D eigenvalue weighted by atomic mass is 79.9. The Balaban J connectivity index is 1.94. The molecule has 30 heavy (non-hydrogen) atoms. The number of carbonyl (C=O) groups excluding carboxylic acids is 1. The molecule has 3 rings (SSSR count). The first-order valence-corrected chi connectivity index (χ1v) is 10.2. The second-order valence-electron chi connectivity index (χ2n) is 7.12. The third kappa shape index (κ3) is 5.43. The van der Waals surface area contributed by atoms with E-state index in [0.717, 1.165) is 21.2 Å². The van der Waals surface area contributed by atoms with Crippen molar-refractivity contribution in [1.82, 2.24) is 0 Å². The van der Waals surface area contributed by atoms with Crippen molar-refractivity contribution in [3.05, 3.63) is 104 Å². The van der Waals surface area contributed by atoms with Crippen molar-refractivity contribution in [3.8, 4) is 6.07 Å². The Kier molecular flexibility index (Phi) is 6.81. The molecule has 0 aliphatic carbocycles. The van der Waals surface area contributed by atoms with E-state index in [1.165, 1.54) is 29.3 Å². The summed E-state index contributed by atoms with van der Waals surface area (Å²) in [6, 6.07) is 19.9. The highest BCUT2D eigenvalue weighted by Gasteiger charge is 2.13. The lowest BCUT2D eigenvalue weighted by molar-refractivity contribution is -0.112. The third-order valence-electron chi connectivity index (χ3n) is 4.57. The molecule has 0 fully saturated rings. The van der Waals surface area contributed by atoms with Crippen LogP contribution in [0.25, 0.3) is 6.08 Å². The first-order valence-electron chi connectivity index (χ1n) is 9.39. The fraction of sp³-hybridized carbons (Fsp3) is 0.120. The Bertz CT molecular complexity index is 1160. The van der Waals surface area contributed by atoms with Gasteiger partial charge in [0, 0.05) is 4.47 Å². The first kappa shape index (κ1) is 21.5. The molecular formula is C25H20BrFN2O. The number of nitriles is 1. The van der Waals surface area contributed by atoms with Gasteiger partial charge in [-0.3, -0.25) is 4.79 Å². The molecule has 3 nitrogen and oxygen atoms in total. The first-order chi connectivity index (χ1) is 14.4. The number of para-hydroxylation sites is 1. The van der Waals surface area contributed by atoms with E-state index in [4.69, 9.17) is 0 Å². The van der Waals surface area contributed by atoms with E-state index in [9.17, 15) is 14.4 Å². The number of aryl methyl sites for hydroxylation is 2. The molecule has 5 heteroatoms. The van der Waals surface area contributed by atoms with E-state index < -0.39 is 11.7 Å². The molecule has 3 aromatic carbocycles. The van der Waals surface area contributed by atoms with Crippen LogP contribution in [-0.2, 0) is 11.2 Å². The number of benzene rings is 3. The standard InChI is InChI=1S/C25H20BrFN2O/c1-16-9-17(2)11-18(10-16)12-19-7-8-22(26)14-20(19)13-21(15-28)25(30)29-24-6-4-3-5-23(24)27/h3-11,13-14H,12H2,1-2H3,(H,29,30)/b21-13+. The Morgan fingerprint density at radius 3 is 2.47 bits per heavy atom. The van der Waals surface area contributed by atoms with Gasteiger partial charge in [0.05, 0.1) is 5.69 Å². The second kappa shape index (κ2) is 9.51. The average Bonchev–Trinajstić information content (AvgIpc) is 2.69. The zero-order chi connectivity index (χ0) is 21.7. The van der Waals surface area contributed by atoms with Crippen molar-refractivity contribution in [2.45, 2.75) is 20.3 Å². The summed E-state index contributed by atoms with van der Waals surface area (Å²) in [5.41, 5.74) is 5.19. The number of nitrogens with one attached hydrogen (secondary N) is 1. The maximum atomic E-state index is 13.8. The molecule has 0 bridgehead atoms. The van der Waals surface area contributed by atoms with Gasteiger partial charge in [0.15, 0.2) is 0 Å². The summed E-state index contributed by atoms with van der Waals surface area (Å²) in [6.45, 7) is 4.11. The summed E-state index contributed by atoms with van der Waals surface area (Å²) in [6.07, 6.45) is 2.20. The minimum Gasteiger partial charge on any atom is -0.319 e. The fourth-order valence-corrected chi connectivity index (χ4v) is 3.69. The third-order valence-corrected chi connectivity index (χ3v) is 5.06. The van der Waals surface area contributed by atoms with E-state index in [1.807, 2.05) is 24.3 Å². The lowest BCUT2D eigenvalue weighted by Gasteiger charge is -2.10. The summed E-state index contributed by atoms with van der Waals surface area (Å²) < 4.78 is 14.7. The summed E-state index contributed by atoms with van der Waals surface area (Å²) in [5.74, 6) is -1.21. The van der Waals surface area contributed by atoms with E-state index in [2.05, 4.69) is 53.3 Å². The minimum absolute atomic E-state index is 0.0355. The van der Waals surface area contributed by atoms with Gasteiger partial charge in [-0.1, -0.05) is 63.5 Å². The molecule has 0 radical (unpaired) electrons. The monoisotopic (exact) mass is 462 g/mol. The summed E-state index contributed by atoms with van der Waals surface area (Å²) in [7, 11) is 0. The molecule has 0 heterocycles. The van der Waals surface area contributed by atoms with Crippen molar-refractivity contribution in [3.63, 3.8) is 0 Å². The van der Waals surface area contributed by atoms with Gasteiger partial charge in [-0.2, -0.15) is 5.26 Å². The minimum atomic E-state index is -0.653. The van der Waals surface area contributed by atoms with Crippen LogP contribution in [-0.4, -0.2) is 5.91 Å². The van der Waals surface area contributed by atoms with Gasteiger partial charge in [0.1, 0.15) is 17.5 Å². The van der Waals surface area contributed by atoms with Crippen LogP contribution in [0.15, 0.2) is 70.7 Å². The molecule has 0 saturated carbocycles. The zero-order valence-electron chi connectivity index (χ0n) is 16.7. The van der Waals surface area contributed by atoms with E-state index in [-0.39, 0.29) is 11.3 Å². The second-order valence-corrected chi connectivity index (χ2v) is 8.04. The quantitative estimate of drug-likeness (QED) is 0.355. The molecule has 0 aliphatic heterocycles. The molecule has 1 amide bonds. The topological polar surface area (TPSA) is 52.9 Å². The number of amides is 1. The zero-order valence-corrected chi connectivity index (χ0v) is 18.3. The van der Waals surface area contributed by atoms with Crippen LogP contribution in [0.5, 0.6) is 0 Å². The van der Waals surface area contributed by atoms with Crippen LogP contribution in [0.4, 0.5) is 10.1 Å². The highest BCUT2D eigenvalue weighted by molar-refractivity contribution is 9.10. The average molecular weight is 463 g/mol. The van der Waals surface area contributed by atoms with Crippen molar-refractivity contribution in [2.75, 3.05) is 5.32 Å². The van der Waals surface area contributed by atoms with Crippen molar-refractivity contribution in [2.24, 2.45) is 0 Å². The number of anilines is 1. The Morgan fingerprint density at radius 2 is 1.80 bits per heavy atom. The molecule has 3 aromatic rings. The van der Waals surface area contributed by atoms with Crippen LogP contribution >= 0.6 is 15.9 Å². The molecule has 0 aromatic heterocycles. The summed E-state index contributed by atoms with van der Waals surface area (Å²) in [4.78, 5) is 12.6. The number of rotatable bonds is 5. The number of halogens is 2. The smallest absolute Gasteiger partial charge is 0.266 e. The van der Waals surface area contributed by atoms with E-state index >= 15 is 0 Å². The van der Waals surface area contributed by atoms with Gasteiger partial charge in [-0.05, 0) is 67.3 Å². The van der Waals surface area contributed by atoms with E-state index in [1.54, 1.807) is 12.1 Å². The molecule has 1 N–H and O–H groups in total. The van der Waals surface area contributed by atoms with Crippen molar-refractivity contribution < 1.29 is 9.18 Å². The van der Waals surface area contributed by atoms with Gasteiger partial charge >= 0.3 is 0 Å². The van der Waals surface area contributed by atoms with Crippen LogP contribution in [0.1, 0.15) is 27.8 Å². The number of hydrogen-bond acceptors (Lipinski definition) is 2.